The number of benzene rings is 2. The molecule has 0 fully saturated rings. The molecule has 1 atom stereocenters. The maximum atomic E-state index is 12.8. The van der Waals surface area contributed by atoms with Crippen LogP contribution in [-0.2, 0) is 4.74 Å². The lowest BCUT2D eigenvalue weighted by Gasteiger charge is -2.26. The van der Waals surface area contributed by atoms with Gasteiger partial charge in [-0.3, -0.25) is 19.2 Å². The Morgan fingerprint density at radius 1 is 1.16 bits per heavy atom. The molecule has 172 valence electrons. The smallest absolute Gasteiger partial charge is 0.257 e. The Bertz CT molecular complexity index is 1070. The summed E-state index contributed by atoms with van der Waals surface area (Å²) in [5, 5.41) is 3.11. The van der Waals surface area contributed by atoms with Crippen LogP contribution in [0.4, 0.5) is 5.13 Å². The molecule has 0 saturated carbocycles. The second-order valence-corrected chi connectivity index (χ2v) is 9.97. The predicted molar refractivity (Wildman–Crippen MR) is 125 cm³/mol. The molecule has 1 aromatic heterocycles. The Hall–Kier alpha value is -2.70. The number of hydrogen-bond donors (Lipinski definition) is 3. The summed E-state index contributed by atoms with van der Waals surface area (Å²) >= 11 is 1.09. The van der Waals surface area contributed by atoms with Gasteiger partial charge in [0.05, 0.1) is 11.5 Å². The van der Waals surface area contributed by atoms with E-state index in [2.05, 4.69) is 14.7 Å². The molecule has 3 rings (SSSR count). The van der Waals surface area contributed by atoms with E-state index in [1.54, 1.807) is 56.5 Å². The highest BCUT2D eigenvalue weighted by molar-refractivity contribution is 8.23. The molecule has 3 N–H and O–H groups in total. The van der Waals surface area contributed by atoms with Gasteiger partial charge in [-0.1, -0.05) is 0 Å². The zero-order valence-corrected chi connectivity index (χ0v) is 19.7. The van der Waals surface area contributed by atoms with Crippen LogP contribution in [0, 0.1) is 6.92 Å². The van der Waals surface area contributed by atoms with Gasteiger partial charge in [-0.05, 0) is 50.2 Å². The molecule has 0 unspecified atom stereocenters. The molecular formula is C21H25N3O6S2. The number of nitrogens with zero attached hydrogens (tertiary/aromatic N) is 2. The van der Waals surface area contributed by atoms with Crippen molar-refractivity contribution in [2.75, 3.05) is 25.3 Å². The molecule has 32 heavy (non-hydrogen) atoms. The Labute approximate surface area is 191 Å². The van der Waals surface area contributed by atoms with Crippen molar-refractivity contribution in [3.63, 3.8) is 0 Å². The van der Waals surface area contributed by atoms with Crippen LogP contribution < -0.4 is 14.8 Å². The topological polar surface area (TPSA) is 123 Å². The number of aromatic nitrogens is 2. The van der Waals surface area contributed by atoms with Gasteiger partial charge in [0, 0.05) is 36.5 Å². The van der Waals surface area contributed by atoms with E-state index in [1.165, 1.54) is 6.26 Å². The Balaban J connectivity index is 1.86. The molecule has 11 heteroatoms. The van der Waals surface area contributed by atoms with Crippen LogP contribution in [0.2, 0.25) is 0 Å². The van der Waals surface area contributed by atoms with E-state index in [0.717, 1.165) is 11.5 Å². The summed E-state index contributed by atoms with van der Waals surface area (Å²) in [7, 11) is -1.23. The monoisotopic (exact) mass is 479 g/mol. The summed E-state index contributed by atoms with van der Waals surface area (Å²) in [4.78, 5) is 17.3. The Morgan fingerprint density at radius 3 is 2.44 bits per heavy atom. The van der Waals surface area contributed by atoms with Gasteiger partial charge >= 0.3 is 0 Å². The zero-order chi connectivity index (χ0) is 23.3. The number of nitrogens with one attached hydrogen (secondary N) is 1. The number of carbonyl (C=O) groups excluding carboxylic acids is 1. The average molecular weight is 480 g/mol. The molecule has 0 bridgehead atoms. The van der Waals surface area contributed by atoms with E-state index < -0.39 is 10.6 Å². The minimum absolute atomic E-state index is 0.244. The molecule has 9 nitrogen and oxygen atoms in total. The van der Waals surface area contributed by atoms with Crippen LogP contribution in [0.15, 0.2) is 47.4 Å². The lowest BCUT2D eigenvalue weighted by molar-refractivity contribution is 0.0916. The summed E-state index contributed by atoms with van der Waals surface area (Å²) in [5.74, 6) is 1.47. The zero-order valence-electron chi connectivity index (χ0n) is 18.1. The first-order valence-electron chi connectivity index (χ1n) is 9.57. The minimum Gasteiger partial charge on any atom is -0.488 e. The molecule has 1 amide bonds. The summed E-state index contributed by atoms with van der Waals surface area (Å²) in [6.45, 7) is 3.97. The number of hydrogen-bond acceptors (Lipinski definition) is 9. The second-order valence-electron chi connectivity index (χ2n) is 7.08. The number of carbonyl (C=O) groups is 1. The number of methoxy groups -OCH3 is 1. The lowest BCUT2D eigenvalue weighted by atomic mass is 10.2. The van der Waals surface area contributed by atoms with Crippen molar-refractivity contribution in [1.29, 1.82) is 0 Å². The van der Waals surface area contributed by atoms with Gasteiger partial charge in [0.25, 0.3) is 5.91 Å². The first-order valence-corrected chi connectivity index (χ1v) is 12.3. The number of rotatable bonds is 9. The van der Waals surface area contributed by atoms with Gasteiger partial charge in [-0.25, -0.2) is 4.98 Å². The summed E-state index contributed by atoms with van der Waals surface area (Å²) < 4.78 is 40.5. The van der Waals surface area contributed by atoms with Crippen molar-refractivity contribution in [2.24, 2.45) is 0 Å². The van der Waals surface area contributed by atoms with Gasteiger partial charge in [0.1, 0.15) is 29.2 Å². The fraction of sp³-hybridized carbons (Fsp3) is 0.286. The van der Waals surface area contributed by atoms with E-state index in [9.17, 15) is 13.9 Å². The molecule has 0 aliphatic heterocycles. The van der Waals surface area contributed by atoms with Crippen molar-refractivity contribution in [3.8, 4) is 17.2 Å². The van der Waals surface area contributed by atoms with Crippen LogP contribution in [-0.4, -0.2) is 50.4 Å². The average Bonchev–Trinajstić information content (AvgIpc) is 3.12. The van der Waals surface area contributed by atoms with E-state index in [-0.39, 0.29) is 12.0 Å². The van der Waals surface area contributed by atoms with Crippen molar-refractivity contribution in [2.45, 2.75) is 24.8 Å². The number of anilines is 1. The maximum Gasteiger partial charge on any atom is 0.257 e. The lowest BCUT2D eigenvalue weighted by Crippen LogP contribution is -2.18. The largest absolute Gasteiger partial charge is 0.488 e. The minimum atomic E-state index is -2.81. The van der Waals surface area contributed by atoms with Crippen LogP contribution >= 0.6 is 22.1 Å². The first kappa shape index (κ1) is 24.0. The van der Waals surface area contributed by atoms with Crippen LogP contribution in [0.5, 0.6) is 17.2 Å². The second kappa shape index (κ2) is 10.3. The van der Waals surface area contributed by atoms with Crippen molar-refractivity contribution >= 4 is 33.2 Å². The molecule has 0 spiro atoms. The molecule has 3 aromatic rings. The van der Waals surface area contributed by atoms with Crippen LogP contribution in [0.1, 0.15) is 23.1 Å². The molecule has 1 heterocycles. The van der Waals surface area contributed by atoms with Crippen molar-refractivity contribution in [1.82, 2.24) is 9.36 Å². The highest BCUT2D eigenvalue weighted by atomic mass is 32.3. The quantitative estimate of drug-likeness (QED) is 0.390. The van der Waals surface area contributed by atoms with Crippen molar-refractivity contribution < 1.29 is 28.1 Å². The molecule has 0 saturated heterocycles. The molecule has 0 aliphatic rings. The van der Waals surface area contributed by atoms with Gasteiger partial charge in [-0.15, -0.1) is 0 Å². The van der Waals surface area contributed by atoms with E-state index >= 15 is 0 Å². The van der Waals surface area contributed by atoms with Gasteiger partial charge in [0.15, 0.2) is 0 Å². The fourth-order valence-electron chi connectivity index (χ4n) is 2.75. The molecule has 0 aliphatic carbocycles. The van der Waals surface area contributed by atoms with Crippen LogP contribution in [0.3, 0.4) is 0 Å². The third-order valence-corrected chi connectivity index (χ3v) is 6.02. The first-order chi connectivity index (χ1) is 15.1. The maximum absolute atomic E-state index is 12.8. The molecule has 2 aromatic carbocycles. The summed E-state index contributed by atoms with van der Waals surface area (Å²) in [6, 6.07) is 11.3. The van der Waals surface area contributed by atoms with E-state index in [0.29, 0.717) is 45.3 Å². The highest BCUT2D eigenvalue weighted by Crippen LogP contribution is 2.44. The predicted octanol–water partition coefficient (Wildman–Crippen LogP) is 5.04. The van der Waals surface area contributed by atoms with Gasteiger partial charge < -0.3 is 14.2 Å². The van der Waals surface area contributed by atoms with Gasteiger partial charge in [-0.2, -0.15) is 15.0 Å². The standard InChI is InChI=1S/C21H25N3O6S2/c1-13(12-28-3)29-17-9-15(20(25)23-21-22-14(2)24-31-21)10-18(11-17)30-16-5-7-19(8-6-16)32(4,26)27/h5-11,13,26-27H,12H2,1-4H3,(H,22,23,24,25)/t13-/m0/s1. The molecular weight excluding hydrogens is 454 g/mol. The Kier molecular flexibility index (Phi) is 7.69. The van der Waals surface area contributed by atoms with Gasteiger partial charge in [0.2, 0.25) is 5.13 Å². The number of ether oxygens (including phenoxy) is 3. The number of aryl methyl sites for hydroxylation is 1. The molecule has 0 radical (unpaired) electrons. The number of amides is 1. The normalized spacial score (nSPS) is 12.8. The fourth-order valence-corrected chi connectivity index (χ4v) is 3.97. The highest BCUT2D eigenvalue weighted by Gasteiger charge is 2.15. The van der Waals surface area contributed by atoms with Crippen molar-refractivity contribution in [3.05, 3.63) is 53.9 Å². The van der Waals surface area contributed by atoms with E-state index in [1.807, 2.05) is 6.92 Å². The SMILES string of the molecule is COC[C@H](C)Oc1cc(Oc2ccc(S(C)(O)O)cc2)cc(C(=O)Nc2nc(C)ns2)c1. The summed E-state index contributed by atoms with van der Waals surface area (Å²) in [5.41, 5.74) is 0.314. The van der Waals surface area contributed by atoms with Crippen LogP contribution in [0.25, 0.3) is 0 Å². The summed E-state index contributed by atoms with van der Waals surface area (Å²) in [6.07, 6.45) is 1.11. The third-order valence-electron chi connectivity index (χ3n) is 4.13. The Morgan fingerprint density at radius 2 is 1.84 bits per heavy atom. The third kappa shape index (κ3) is 6.65. The van der Waals surface area contributed by atoms with E-state index in [4.69, 9.17) is 14.2 Å².